The van der Waals surface area contributed by atoms with Gasteiger partial charge in [0.2, 0.25) is 0 Å². The smallest absolute Gasteiger partial charge is 0.295 e. The average molecular weight is 461 g/mol. The van der Waals surface area contributed by atoms with Gasteiger partial charge in [0.05, 0.1) is 17.7 Å². The molecular formula is C28H32N2O4. The first-order valence-corrected chi connectivity index (χ1v) is 12.2. The Bertz CT molecular complexity index is 1130. The minimum Gasteiger partial charge on any atom is -0.507 e. The first kappa shape index (κ1) is 22.7. The number of amides is 1. The molecule has 178 valence electrons. The largest absolute Gasteiger partial charge is 0.507 e. The molecule has 0 aromatic heterocycles. The number of benzene rings is 2. The van der Waals surface area contributed by atoms with Crippen LogP contribution >= 0.6 is 0 Å². The molecule has 34 heavy (non-hydrogen) atoms. The Hall–Kier alpha value is -3.12. The van der Waals surface area contributed by atoms with Crippen molar-refractivity contribution < 1.29 is 19.4 Å². The van der Waals surface area contributed by atoms with Gasteiger partial charge in [-0.05, 0) is 73.4 Å². The van der Waals surface area contributed by atoms with E-state index in [1.54, 1.807) is 4.90 Å². The van der Waals surface area contributed by atoms with Gasteiger partial charge >= 0.3 is 0 Å². The summed E-state index contributed by atoms with van der Waals surface area (Å²) in [6.45, 7) is 1.01. The second kappa shape index (κ2) is 9.26. The number of ether oxygens (including phenoxy) is 1. The number of ketones is 1. The van der Waals surface area contributed by atoms with Crippen LogP contribution in [-0.2, 0) is 27.2 Å². The van der Waals surface area contributed by atoms with Crippen molar-refractivity contribution in [2.24, 2.45) is 0 Å². The number of aliphatic hydroxyl groups excluding tert-OH is 1. The standard InChI is InChI=1S/C28H32N2O4/c1-29(2)22-13-11-19(12-14-22)25-24(27(32)28(33)30(25)17-23-8-5-15-34-23)26(31)21-10-9-18-6-3-4-7-20(18)16-21/h9-14,16,23,25,31H,3-8,15,17H2,1-2H3/b26-24-. The summed E-state index contributed by atoms with van der Waals surface area (Å²) >= 11 is 0. The highest BCUT2D eigenvalue weighted by atomic mass is 16.5. The Labute approximate surface area is 200 Å². The van der Waals surface area contributed by atoms with Crippen LogP contribution < -0.4 is 4.90 Å². The molecule has 5 rings (SSSR count). The molecule has 6 nitrogen and oxygen atoms in total. The minimum atomic E-state index is -0.642. The SMILES string of the molecule is CN(C)c1ccc(C2/C(=C(/O)c3ccc4c(c3)CCCC4)C(=O)C(=O)N2CC2CCCO2)cc1. The molecule has 1 N–H and O–H groups in total. The summed E-state index contributed by atoms with van der Waals surface area (Å²) < 4.78 is 5.79. The zero-order valence-electron chi connectivity index (χ0n) is 19.9. The first-order chi connectivity index (χ1) is 16.4. The maximum absolute atomic E-state index is 13.3. The molecule has 0 saturated carbocycles. The van der Waals surface area contributed by atoms with E-state index in [0.717, 1.165) is 43.4 Å². The Kier molecular flexibility index (Phi) is 6.17. The van der Waals surface area contributed by atoms with Crippen molar-refractivity contribution in [3.8, 4) is 0 Å². The van der Waals surface area contributed by atoms with Crippen LogP contribution in [0.2, 0.25) is 0 Å². The lowest BCUT2D eigenvalue weighted by Crippen LogP contribution is -2.36. The van der Waals surface area contributed by atoms with Crippen molar-refractivity contribution in [2.45, 2.75) is 50.7 Å². The maximum atomic E-state index is 13.3. The number of aryl methyl sites for hydroxylation is 2. The summed E-state index contributed by atoms with van der Waals surface area (Å²) in [7, 11) is 3.93. The first-order valence-electron chi connectivity index (χ1n) is 12.2. The molecule has 2 unspecified atom stereocenters. The van der Waals surface area contributed by atoms with Gasteiger partial charge in [-0.25, -0.2) is 0 Å². The minimum absolute atomic E-state index is 0.0921. The quantitative estimate of drug-likeness (QED) is 0.411. The van der Waals surface area contributed by atoms with Gasteiger partial charge in [-0.3, -0.25) is 9.59 Å². The number of rotatable bonds is 5. The predicted octanol–water partition coefficient (Wildman–Crippen LogP) is 4.23. The fourth-order valence-corrected chi connectivity index (χ4v) is 5.41. The van der Waals surface area contributed by atoms with Gasteiger partial charge in [0.15, 0.2) is 0 Å². The number of carbonyl (C=O) groups excluding carboxylic acids is 2. The molecule has 2 aliphatic heterocycles. The third kappa shape index (κ3) is 4.11. The third-order valence-electron chi connectivity index (χ3n) is 7.31. The fourth-order valence-electron chi connectivity index (χ4n) is 5.41. The summed E-state index contributed by atoms with van der Waals surface area (Å²) in [6, 6.07) is 13.1. The lowest BCUT2D eigenvalue weighted by Gasteiger charge is -2.28. The predicted molar refractivity (Wildman–Crippen MR) is 132 cm³/mol. The van der Waals surface area contributed by atoms with Gasteiger partial charge in [-0.15, -0.1) is 0 Å². The lowest BCUT2D eigenvalue weighted by atomic mass is 9.88. The summed E-state index contributed by atoms with van der Waals surface area (Å²) in [5, 5.41) is 11.4. The highest BCUT2D eigenvalue weighted by Gasteiger charge is 2.47. The second-order valence-corrected chi connectivity index (χ2v) is 9.76. The molecule has 2 aromatic rings. The number of nitrogens with zero attached hydrogens (tertiary/aromatic N) is 2. The molecule has 1 aliphatic carbocycles. The van der Waals surface area contributed by atoms with E-state index < -0.39 is 17.7 Å². The van der Waals surface area contributed by atoms with E-state index in [4.69, 9.17) is 4.74 Å². The van der Waals surface area contributed by atoms with E-state index in [0.29, 0.717) is 18.7 Å². The summed E-state index contributed by atoms with van der Waals surface area (Å²) in [5.74, 6) is -1.30. The van der Waals surface area contributed by atoms with Crippen molar-refractivity contribution in [2.75, 3.05) is 32.1 Å². The van der Waals surface area contributed by atoms with Gasteiger partial charge in [0.25, 0.3) is 11.7 Å². The van der Waals surface area contributed by atoms with Crippen LogP contribution in [0.15, 0.2) is 48.0 Å². The van der Waals surface area contributed by atoms with Crippen LogP contribution in [0.1, 0.15) is 54.0 Å². The Morgan fingerprint density at radius 2 is 1.76 bits per heavy atom. The van der Waals surface area contributed by atoms with E-state index in [1.807, 2.05) is 61.5 Å². The molecule has 0 radical (unpaired) electrons. The van der Waals surface area contributed by atoms with Gasteiger partial charge in [-0.1, -0.05) is 24.3 Å². The number of fused-ring (bicyclic) bond motifs is 1. The number of hydrogen-bond acceptors (Lipinski definition) is 5. The normalized spacial score (nSPS) is 23.9. The number of aliphatic hydroxyl groups is 1. The second-order valence-electron chi connectivity index (χ2n) is 9.76. The molecule has 1 amide bonds. The van der Waals surface area contributed by atoms with Gasteiger partial charge in [-0.2, -0.15) is 0 Å². The molecule has 3 aliphatic rings. The van der Waals surface area contributed by atoms with E-state index in [9.17, 15) is 14.7 Å². The molecule has 2 atom stereocenters. The third-order valence-corrected chi connectivity index (χ3v) is 7.31. The van der Waals surface area contributed by atoms with Crippen molar-refractivity contribution >= 4 is 23.1 Å². The number of anilines is 1. The summed E-state index contributed by atoms with van der Waals surface area (Å²) in [4.78, 5) is 30.1. The highest BCUT2D eigenvalue weighted by Crippen LogP contribution is 2.41. The van der Waals surface area contributed by atoms with E-state index in [2.05, 4.69) is 0 Å². The van der Waals surface area contributed by atoms with Crippen LogP contribution in [0, 0.1) is 0 Å². The van der Waals surface area contributed by atoms with Crippen molar-refractivity contribution in [3.05, 3.63) is 70.3 Å². The van der Waals surface area contributed by atoms with Gasteiger partial charge in [0.1, 0.15) is 5.76 Å². The maximum Gasteiger partial charge on any atom is 0.295 e. The van der Waals surface area contributed by atoms with Crippen LogP contribution in [-0.4, -0.2) is 55.0 Å². The molecule has 6 heteroatoms. The summed E-state index contributed by atoms with van der Waals surface area (Å²) in [5.41, 5.74) is 5.12. The van der Waals surface area contributed by atoms with Gasteiger partial charge in [0, 0.05) is 38.5 Å². The topological polar surface area (TPSA) is 70.1 Å². The Balaban J connectivity index is 1.59. The van der Waals surface area contributed by atoms with Crippen LogP contribution in [0.25, 0.3) is 5.76 Å². The number of hydrogen-bond donors (Lipinski definition) is 1. The molecule has 2 aromatic carbocycles. The van der Waals surface area contributed by atoms with Crippen LogP contribution in [0.5, 0.6) is 0 Å². The van der Waals surface area contributed by atoms with Crippen LogP contribution in [0.3, 0.4) is 0 Å². The zero-order valence-corrected chi connectivity index (χ0v) is 19.9. The van der Waals surface area contributed by atoms with Crippen LogP contribution in [0.4, 0.5) is 5.69 Å². The highest BCUT2D eigenvalue weighted by molar-refractivity contribution is 6.46. The molecule has 0 bridgehead atoms. The van der Waals surface area contributed by atoms with E-state index in [-0.39, 0.29) is 17.4 Å². The van der Waals surface area contributed by atoms with Crippen molar-refractivity contribution in [1.82, 2.24) is 4.90 Å². The molecule has 2 heterocycles. The number of likely N-dealkylation sites (tertiary alicyclic amines) is 1. The monoisotopic (exact) mass is 460 g/mol. The number of carbonyl (C=O) groups is 2. The Morgan fingerprint density at radius 1 is 1.03 bits per heavy atom. The van der Waals surface area contributed by atoms with E-state index >= 15 is 0 Å². The Morgan fingerprint density at radius 3 is 2.44 bits per heavy atom. The zero-order chi connectivity index (χ0) is 23.8. The summed E-state index contributed by atoms with van der Waals surface area (Å²) in [6.07, 6.45) is 6.04. The van der Waals surface area contributed by atoms with E-state index in [1.165, 1.54) is 17.5 Å². The average Bonchev–Trinajstić information content (AvgIpc) is 3.46. The lowest BCUT2D eigenvalue weighted by molar-refractivity contribution is -0.140. The molecular weight excluding hydrogens is 428 g/mol. The molecule has 0 spiro atoms. The fraction of sp³-hybridized carbons (Fsp3) is 0.429. The number of Topliss-reactive ketones (excluding diaryl/α,β-unsaturated/α-hetero) is 1. The van der Waals surface area contributed by atoms with Crippen molar-refractivity contribution in [3.63, 3.8) is 0 Å². The molecule has 2 saturated heterocycles. The van der Waals surface area contributed by atoms with Gasteiger partial charge < -0.3 is 19.6 Å². The molecule has 2 fully saturated rings. The van der Waals surface area contributed by atoms with Crippen molar-refractivity contribution in [1.29, 1.82) is 0 Å².